The highest BCUT2D eigenvalue weighted by atomic mass is 19.4. The van der Waals surface area contributed by atoms with Gasteiger partial charge in [-0.15, -0.1) is 0 Å². The zero-order chi connectivity index (χ0) is 21.9. The molecule has 2 aliphatic carbocycles. The third-order valence-corrected chi connectivity index (χ3v) is 6.34. The van der Waals surface area contributed by atoms with Gasteiger partial charge in [-0.3, -0.25) is 19.3 Å². The summed E-state index contributed by atoms with van der Waals surface area (Å²) in [7, 11) is 0. The summed E-state index contributed by atoms with van der Waals surface area (Å²) in [6.07, 6.45) is 0.245. The summed E-state index contributed by atoms with van der Waals surface area (Å²) < 4.78 is 39.4. The Hall–Kier alpha value is -3.42. The second-order valence-electron chi connectivity index (χ2n) is 8.06. The molecule has 1 saturated carbocycles. The molecule has 1 aliphatic heterocycles. The van der Waals surface area contributed by atoms with Crippen molar-refractivity contribution < 1.29 is 27.6 Å². The number of para-hydroxylation sites is 1. The minimum Gasteiger partial charge on any atom is -0.321 e. The Balaban J connectivity index is 1.35. The van der Waals surface area contributed by atoms with Gasteiger partial charge >= 0.3 is 6.18 Å². The zero-order valence-corrected chi connectivity index (χ0v) is 16.1. The maximum Gasteiger partial charge on any atom is 0.418 e. The van der Waals surface area contributed by atoms with Crippen LogP contribution in [0.5, 0.6) is 0 Å². The number of halogens is 3. The summed E-state index contributed by atoms with van der Waals surface area (Å²) in [6, 6.07) is 10.4. The molecule has 0 radical (unpaired) electrons. The first-order valence-electron chi connectivity index (χ1n) is 9.89. The highest BCUT2D eigenvalue weighted by Gasteiger charge is 2.59. The molecule has 3 amide bonds. The summed E-state index contributed by atoms with van der Waals surface area (Å²) in [6.45, 7) is 0. The van der Waals surface area contributed by atoms with Gasteiger partial charge in [-0.2, -0.15) is 13.2 Å². The van der Waals surface area contributed by atoms with Gasteiger partial charge in [0.1, 0.15) is 0 Å². The fourth-order valence-electron chi connectivity index (χ4n) is 4.95. The Bertz CT molecular complexity index is 1090. The molecule has 1 N–H and O–H groups in total. The number of carbonyl (C=O) groups is 3. The lowest BCUT2D eigenvalue weighted by Gasteiger charge is -2.18. The van der Waals surface area contributed by atoms with E-state index in [-0.39, 0.29) is 46.7 Å². The van der Waals surface area contributed by atoms with Gasteiger partial charge in [0, 0.05) is 5.56 Å². The van der Waals surface area contributed by atoms with Gasteiger partial charge < -0.3 is 5.32 Å². The molecule has 5 nitrogen and oxygen atoms in total. The monoisotopic (exact) mass is 426 g/mol. The van der Waals surface area contributed by atoms with E-state index in [1.165, 1.54) is 47.4 Å². The first-order valence-corrected chi connectivity index (χ1v) is 9.89. The van der Waals surface area contributed by atoms with Crippen LogP contribution in [0.15, 0.2) is 60.7 Å². The molecule has 31 heavy (non-hydrogen) atoms. The summed E-state index contributed by atoms with van der Waals surface area (Å²) in [5, 5.41) is 2.28. The topological polar surface area (TPSA) is 66.5 Å². The first-order chi connectivity index (χ1) is 14.8. The summed E-state index contributed by atoms with van der Waals surface area (Å²) >= 11 is 0. The minimum atomic E-state index is -4.60. The van der Waals surface area contributed by atoms with E-state index in [2.05, 4.69) is 5.32 Å². The van der Waals surface area contributed by atoms with E-state index in [0.29, 0.717) is 5.69 Å². The number of imide groups is 1. The number of hydrogen-bond donors (Lipinski definition) is 1. The van der Waals surface area contributed by atoms with Gasteiger partial charge in [-0.1, -0.05) is 24.3 Å². The van der Waals surface area contributed by atoms with Crippen molar-refractivity contribution in [3.63, 3.8) is 0 Å². The second kappa shape index (κ2) is 6.80. The van der Waals surface area contributed by atoms with Crippen LogP contribution in [-0.2, 0) is 15.8 Å². The smallest absolute Gasteiger partial charge is 0.321 e. The maximum atomic E-state index is 13.1. The van der Waals surface area contributed by atoms with Crippen LogP contribution in [0.25, 0.3) is 0 Å². The third kappa shape index (κ3) is 3.05. The Labute approximate surface area is 175 Å². The number of benzene rings is 2. The van der Waals surface area contributed by atoms with Gasteiger partial charge in [0.15, 0.2) is 0 Å². The van der Waals surface area contributed by atoms with E-state index < -0.39 is 17.6 Å². The zero-order valence-electron chi connectivity index (χ0n) is 16.1. The Morgan fingerprint density at radius 2 is 1.48 bits per heavy atom. The van der Waals surface area contributed by atoms with Gasteiger partial charge in [0.25, 0.3) is 5.91 Å². The maximum absolute atomic E-state index is 13.1. The summed E-state index contributed by atoms with van der Waals surface area (Å²) in [5.74, 6) is -1.66. The van der Waals surface area contributed by atoms with Crippen LogP contribution in [0.3, 0.4) is 0 Å². The average molecular weight is 426 g/mol. The van der Waals surface area contributed by atoms with Crippen LogP contribution in [-0.4, -0.2) is 17.7 Å². The fourth-order valence-corrected chi connectivity index (χ4v) is 4.95. The van der Waals surface area contributed by atoms with Gasteiger partial charge in [0.2, 0.25) is 11.8 Å². The molecule has 158 valence electrons. The van der Waals surface area contributed by atoms with Crippen LogP contribution in [0, 0.1) is 23.7 Å². The van der Waals surface area contributed by atoms with Crippen molar-refractivity contribution in [1.29, 1.82) is 0 Å². The molecule has 5 rings (SSSR count). The number of allylic oxidation sites excluding steroid dienone is 2. The fraction of sp³-hybridized carbons (Fsp3) is 0.261. The lowest BCUT2D eigenvalue weighted by molar-refractivity contribution is -0.137. The minimum absolute atomic E-state index is 0.0928. The predicted octanol–water partition coefficient (Wildman–Crippen LogP) is 4.27. The molecule has 0 unspecified atom stereocenters. The number of amides is 3. The molecule has 1 saturated heterocycles. The normalized spacial score (nSPS) is 26.5. The molecule has 0 aromatic heterocycles. The lowest BCUT2D eigenvalue weighted by Crippen LogP contribution is -2.32. The molecule has 4 atom stereocenters. The number of anilines is 2. The SMILES string of the molecule is O=C(Nc1ccccc1C(F)(F)F)c1ccc(N2C(=O)[C@H]3[C@H](C2=O)[C@H]2C=C[C@H]3C2)cc1. The van der Waals surface area contributed by atoms with Crippen LogP contribution in [0.4, 0.5) is 24.5 Å². The van der Waals surface area contributed by atoms with E-state index in [1.54, 1.807) is 0 Å². The molecule has 2 aromatic carbocycles. The average Bonchev–Trinajstić information content (AvgIpc) is 3.41. The summed E-state index contributed by atoms with van der Waals surface area (Å²) in [4.78, 5) is 39.4. The Kier molecular flexibility index (Phi) is 4.28. The Morgan fingerprint density at radius 1 is 0.903 bits per heavy atom. The second-order valence-corrected chi connectivity index (χ2v) is 8.06. The van der Waals surface area contributed by atoms with Crippen LogP contribution in [0.2, 0.25) is 0 Å². The molecule has 2 fully saturated rings. The van der Waals surface area contributed by atoms with Crippen molar-refractivity contribution in [3.05, 3.63) is 71.8 Å². The van der Waals surface area contributed by atoms with E-state index >= 15 is 0 Å². The number of alkyl halides is 3. The predicted molar refractivity (Wildman–Crippen MR) is 106 cm³/mol. The van der Waals surface area contributed by atoms with Crippen molar-refractivity contribution in [1.82, 2.24) is 0 Å². The molecule has 3 aliphatic rings. The number of hydrogen-bond acceptors (Lipinski definition) is 3. The molecule has 2 bridgehead atoms. The van der Waals surface area contributed by atoms with E-state index in [1.807, 2.05) is 12.2 Å². The van der Waals surface area contributed by atoms with Crippen LogP contribution in [0.1, 0.15) is 22.3 Å². The third-order valence-electron chi connectivity index (χ3n) is 6.34. The highest BCUT2D eigenvalue weighted by Crippen LogP contribution is 2.53. The van der Waals surface area contributed by atoms with Crippen molar-refractivity contribution in [2.24, 2.45) is 23.7 Å². The number of rotatable bonds is 3. The first kappa shape index (κ1) is 19.5. The van der Waals surface area contributed by atoms with Gasteiger partial charge in [0.05, 0.1) is 28.8 Å². The standard InChI is InChI=1S/C23H17F3N2O3/c24-23(25,26)16-3-1-2-4-17(16)27-20(29)12-7-9-15(10-8-12)28-21(30)18-13-5-6-14(11-13)19(18)22(28)31/h1-10,13-14,18-19H,11H2,(H,27,29)/t13-,14-,18+,19+/m0/s1. The van der Waals surface area contributed by atoms with Crippen molar-refractivity contribution in [3.8, 4) is 0 Å². The molecule has 2 aromatic rings. The molecule has 1 heterocycles. The van der Waals surface area contributed by atoms with Crippen LogP contribution < -0.4 is 10.2 Å². The van der Waals surface area contributed by atoms with Gasteiger partial charge in [-0.05, 0) is 54.7 Å². The van der Waals surface area contributed by atoms with E-state index in [4.69, 9.17) is 0 Å². The Morgan fingerprint density at radius 3 is 2.06 bits per heavy atom. The molecular weight excluding hydrogens is 409 g/mol. The number of fused-ring (bicyclic) bond motifs is 5. The van der Waals surface area contributed by atoms with Crippen molar-refractivity contribution in [2.45, 2.75) is 12.6 Å². The van der Waals surface area contributed by atoms with E-state index in [0.717, 1.165) is 12.5 Å². The number of carbonyl (C=O) groups excluding carboxylic acids is 3. The molecular formula is C23H17F3N2O3. The lowest BCUT2D eigenvalue weighted by atomic mass is 9.85. The van der Waals surface area contributed by atoms with E-state index in [9.17, 15) is 27.6 Å². The van der Waals surface area contributed by atoms with Crippen molar-refractivity contribution in [2.75, 3.05) is 10.2 Å². The molecule has 8 heteroatoms. The highest BCUT2D eigenvalue weighted by molar-refractivity contribution is 6.23. The van der Waals surface area contributed by atoms with Crippen LogP contribution >= 0.6 is 0 Å². The van der Waals surface area contributed by atoms with Gasteiger partial charge in [-0.25, -0.2) is 0 Å². The largest absolute Gasteiger partial charge is 0.418 e. The number of nitrogens with zero attached hydrogens (tertiary/aromatic N) is 1. The molecule has 0 spiro atoms. The quantitative estimate of drug-likeness (QED) is 0.589. The number of nitrogens with one attached hydrogen (secondary N) is 1. The summed E-state index contributed by atoms with van der Waals surface area (Å²) in [5.41, 5.74) is -0.814. The van der Waals surface area contributed by atoms with Crippen molar-refractivity contribution >= 4 is 29.1 Å².